The lowest BCUT2D eigenvalue weighted by Gasteiger charge is -2.23. The molecule has 6 nitrogen and oxygen atoms in total. The van der Waals surface area contributed by atoms with E-state index in [2.05, 4.69) is 11.8 Å². The molecular weight excluding hydrogens is 340 g/mol. The molecule has 0 fully saturated rings. The molecule has 1 atom stereocenters. The fraction of sp³-hybridized carbons (Fsp3) is 0.611. The summed E-state index contributed by atoms with van der Waals surface area (Å²) in [5, 5.41) is 0.407. The Kier molecular flexibility index (Phi) is 12.1. The fourth-order valence-electron chi connectivity index (χ4n) is 2.25. The van der Waals surface area contributed by atoms with Gasteiger partial charge in [0.2, 0.25) is 5.91 Å². The van der Waals surface area contributed by atoms with E-state index in [1.54, 1.807) is 6.07 Å². The summed E-state index contributed by atoms with van der Waals surface area (Å²) in [4.78, 5) is 13.5. The van der Waals surface area contributed by atoms with Crippen LogP contribution in [0.5, 0.6) is 5.75 Å². The van der Waals surface area contributed by atoms with Crippen LogP contribution in [-0.4, -0.2) is 40.9 Å². The minimum Gasteiger partial charge on any atom is -0.491 e. The number of primary amides is 1. The van der Waals surface area contributed by atoms with Crippen LogP contribution in [0.4, 0.5) is 5.69 Å². The van der Waals surface area contributed by atoms with Crippen LogP contribution < -0.4 is 15.4 Å². The van der Waals surface area contributed by atoms with E-state index < -0.39 is 5.91 Å². The van der Waals surface area contributed by atoms with Gasteiger partial charge in [-0.05, 0) is 49.5 Å². The van der Waals surface area contributed by atoms with Crippen LogP contribution in [0.1, 0.15) is 58.2 Å². The van der Waals surface area contributed by atoms with Crippen molar-refractivity contribution in [2.24, 2.45) is 5.73 Å². The highest BCUT2D eigenvalue weighted by molar-refractivity contribution is 7.94. The Hall–Kier alpha value is -1.44. The van der Waals surface area contributed by atoms with Crippen molar-refractivity contribution in [1.82, 2.24) is 0 Å². The molecule has 1 aliphatic rings. The van der Waals surface area contributed by atoms with Crippen molar-refractivity contribution >= 4 is 23.6 Å². The third-order valence-corrected chi connectivity index (χ3v) is 4.64. The summed E-state index contributed by atoms with van der Waals surface area (Å²) in [7, 11) is 0. The number of benzene rings is 1. The maximum absolute atomic E-state index is 11.3. The summed E-state index contributed by atoms with van der Waals surface area (Å²) in [6.07, 6.45) is 4.34. The summed E-state index contributed by atoms with van der Waals surface area (Å²) in [5.74, 6) is 0.464. The van der Waals surface area contributed by atoms with Crippen molar-refractivity contribution in [1.29, 1.82) is 0 Å². The number of unbranched alkanes of at least 4 members (excludes halogenated alkanes) is 1. The summed E-state index contributed by atoms with van der Waals surface area (Å²) >= 11 is 0.925. The molecule has 25 heavy (non-hydrogen) atoms. The maximum atomic E-state index is 11.3. The molecule has 0 bridgehead atoms. The van der Waals surface area contributed by atoms with Crippen molar-refractivity contribution in [3.8, 4) is 5.75 Å². The Balaban J connectivity index is 0. The molecule has 0 saturated carbocycles. The first-order chi connectivity index (χ1) is 11.5. The molecule has 1 aromatic rings. The fourth-order valence-corrected chi connectivity index (χ4v) is 2.40. The van der Waals surface area contributed by atoms with Gasteiger partial charge in [0.15, 0.2) is 0 Å². The monoisotopic (exact) mass is 374 g/mol. The van der Waals surface area contributed by atoms with Gasteiger partial charge in [0.1, 0.15) is 5.75 Å². The SMILES string of the molecule is CCCCN1CCCOc2ccc(C(N)=O)cc21.CC[C@@H](C)SO.O.[HH]. The first-order valence-electron chi connectivity index (χ1n) is 8.65. The van der Waals surface area contributed by atoms with Gasteiger partial charge < -0.3 is 25.4 Å². The van der Waals surface area contributed by atoms with Crippen LogP contribution in [0.15, 0.2) is 18.2 Å². The molecule has 0 saturated heterocycles. The molecule has 0 radical (unpaired) electrons. The van der Waals surface area contributed by atoms with E-state index >= 15 is 0 Å². The van der Waals surface area contributed by atoms with Crippen LogP contribution in [-0.2, 0) is 0 Å². The molecule has 1 aliphatic heterocycles. The van der Waals surface area contributed by atoms with Crippen molar-refractivity contribution in [3.05, 3.63) is 23.8 Å². The number of carbonyl (C=O) groups is 1. The van der Waals surface area contributed by atoms with Crippen molar-refractivity contribution in [2.75, 3.05) is 24.6 Å². The van der Waals surface area contributed by atoms with Crippen LogP contribution in [0, 0.1) is 0 Å². The number of rotatable bonds is 6. The molecule has 7 heteroatoms. The van der Waals surface area contributed by atoms with E-state index in [1.807, 2.05) is 26.0 Å². The van der Waals surface area contributed by atoms with Gasteiger partial charge in [-0.15, -0.1) is 0 Å². The first kappa shape index (κ1) is 23.6. The first-order valence-corrected chi connectivity index (χ1v) is 9.48. The molecule has 0 aromatic heterocycles. The van der Waals surface area contributed by atoms with E-state index in [-0.39, 0.29) is 6.90 Å². The number of anilines is 1. The van der Waals surface area contributed by atoms with Crippen LogP contribution in [0.3, 0.4) is 0 Å². The van der Waals surface area contributed by atoms with E-state index in [0.717, 1.165) is 68.9 Å². The molecule has 0 unspecified atom stereocenters. The zero-order chi connectivity index (χ0) is 17.9. The minimum absolute atomic E-state index is 0. The largest absolute Gasteiger partial charge is 0.491 e. The maximum Gasteiger partial charge on any atom is 0.248 e. The summed E-state index contributed by atoms with van der Waals surface area (Å²) in [6.45, 7) is 8.91. The predicted octanol–water partition coefficient (Wildman–Crippen LogP) is 3.59. The Morgan fingerprint density at radius 2 is 2.20 bits per heavy atom. The lowest BCUT2D eigenvalue weighted by molar-refractivity contribution is 0.100. The number of fused-ring (bicyclic) bond motifs is 1. The van der Waals surface area contributed by atoms with E-state index in [0.29, 0.717) is 10.8 Å². The number of nitrogens with zero attached hydrogens (tertiary/aromatic N) is 1. The predicted molar refractivity (Wildman–Crippen MR) is 108 cm³/mol. The standard InChI is InChI=1S/C14H20N2O2.C4H10OS.H2O.H2/c1-2-3-7-16-8-4-9-18-13-6-5-11(14(15)17)10-12(13)16;1-3-4(2)6-5;;/h5-6,10H,2-4,7-9H2,1H3,(H2,15,17);4-5H,3H2,1-2H3;1H2;1H/t;4-;;/m.1../s1. The minimum atomic E-state index is -0.391. The number of carbonyl (C=O) groups excluding carboxylic acids is 1. The summed E-state index contributed by atoms with van der Waals surface area (Å²) in [5.41, 5.74) is 6.87. The van der Waals surface area contributed by atoms with Crippen LogP contribution >= 0.6 is 12.0 Å². The second-order valence-electron chi connectivity index (χ2n) is 5.91. The molecule has 2 rings (SSSR count). The topological polar surface area (TPSA) is 107 Å². The van der Waals surface area contributed by atoms with Crippen LogP contribution in [0.2, 0.25) is 0 Å². The zero-order valence-electron chi connectivity index (χ0n) is 15.5. The van der Waals surface area contributed by atoms with Crippen molar-refractivity contribution in [2.45, 2.75) is 51.7 Å². The average Bonchev–Trinajstić information content (AvgIpc) is 2.81. The lowest BCUT2D eigenvalue weighted by atomic mass is 10.1. The van der Waals surface area contributed by atoms with Gasteiger partial charge in [-0.3, -0.25) is 4.79 Å². The highest BCUT2D eigenvalue weighted by atomic mass is 32.2. The Bertz CT molecular complexity index is 516. The molecular formula is C18H34N2O4S. The second-order valence-corrected chi connectivity index (χ2v) is 6.93. The molecule has 5 N–H and O–H groups in total. The van der Waals surface area contributed by atoms with E-state index in [9.17, 15) is 4.79 Å². The molecule has 0 spiro atoms. The third kappa shape index (κ3) is 7.98. The normalized spacial score (nSPS) is 14.0. The zero-order valence-corrected chi connectivity index (χ0v) is 16.3. The number of ether oxygens (including phenoxy) is 1. The van der Waals surface area contributed by atoms with Gasteiger partial charge in [-0.25, -0.2) is 0 Å². The second kappa shape index (κ2) is 12.9. The Labute approximate surface area is 156 Å². The van der Waals surface area contributed by atoms with E-state index in [4.69, 9.17) is 15.0 Å². The van der Waals surface area contributed by atoms with Gasteiger partial charge in [0.05, 0.1) is 12.3 Å². The summed E-state index contributed by atoms with van der Waals surface area (Å²) in [6, 6.07) is 5.42. The Morgan fingerprint density at radius 3 is 2.72 bits per heavy atom. The molecule has 1 aromatic carbocycles. The molecule has 146 valence electrons. The van der Waals surface area contributed by atoms with Gasteiger partial charge in [0.25, 0.3) is 0 Å². The number of hydrogen-bond acceptors (Lipinski definition) is 5. The average molecular weight is 375 g/mol. The summed E-state index contributed by atoms with van der Waals surface area (Å²) < 4.78 is 14.0. The number of nitrogens with two attached hydrogens (primary N) is 1. The molecule has 1 amide bonds. The highest BCUT2D eigenvalue weighted by Gasteiger charge is 2.17. The third-order valence-electron chi connectivity index (χ3n) is 3.95. The quantitative estimate of drug-likeness (QED) is 0.740. The van der Waals surface area contributed by atoms with E-state index in [1.165, 1.54) is 0 Å². The highest BCUT2D eigenvalue weighted by Crippen LogP contribution is 2.32. The number of hydrogen-bond donors (Lipinski definition) is 2. The number of amides is 1. The van der Waals surface area contributed by atoms with Crippen molar-refractivity contribution in [3.63, 3.8) is 0 Å². The van der Waals surface area contributed by atoms with Crippen molar-refractivity contribution < 1.29 is 21.0 Å². The van der Waals surface area contributed by atoms with Gasteiger partial charge >= 0.3 is 0 Å². The molecule has 0 aliphatic carbocycles. The smallest absolute Gasteiger partial charge is 0.248 e. The van der Waals surface area contributed by atoms with Crippen LogP contribution in [0.25, 0.3) is 0 Å². The van der Waals surface area contributed by atoms with Gasteiger partial charge in [0, 0.05) is 25.3 Å². The lowest BCUT2D eigenvalue weighted by Crippen LogP contribution is -2.25. The molecule has 1 heterocycles. The Morgan fingerprint density at radius 1 is 1.48 bits per heavy atom. The van der Waals surface area contributed by atoms with Gasteiger partial charge in [-0.2, -0.15) is 0 Å². The van der Waals surface area contributed by atoms with Gasteiger partial charge in [-0.1, -0.05) is 27.2 Å².